The average molecular weight is 241 g/mol. The minimum absolute atomic E-state index is 0.0577. The predicted molar refractivity (Wildman–Crippen MR) is 67.1 cm³/mol. The van der Waals surface area contributed by atoms with E-state index in [0.717, 1.165) is 18.7 Å². The standard InChI is InChI=1S/C12H17ClN2O/c1-3-14-6-7-15-12(16)10-4-5-11(13)9(2)8-10/h4-5,8,14H,3,6-7H2,1-2H3,(H,15,16). The monoisotopic (exact) mass is 240 g/mol. The van der Waals surface area contributed by atoms with Gasteiger partial charge in [0.15, 0.2) is 0 Å². The van der Waals surface area contributed by atoms with E-state index < -0.39 is 0 Å². The van der Waals surface area contributed by atoms with Gasteiger partial charge < -0.3 is 10.6 Å². The van der Waals surface area contributed by atoms with Gasteiger partial charge >= 0.3 is 0 Å². The largest absolute Gasteiger partial charge is 0.351 e. The fourth-order valence-electron chi connectivity index (χ4n) is 1.33. The summed E-state index contributed by atoms with van der Waals surface area (Å²) in [4.78, 5) is 11.7. The highest BCUT2D eigenvalue weighted by atomic mass is 35.5. The summed E-state index contributed by atoms with van der Waals surface area (Å²) < 4.78 is 0. The van der Waals surface area contributed by atoms with Crippen LogP contribution in [0.3, 0.4) is 0 Å². The molecule has 0 aromatic heterocycles. The zero-order chi connectivity index (χ0) is 12.0. The highest BCUT2D eigenvalue weighted by molar-refractivity contribution is 6.31. The van der Waals surface area contributed by atoms with Crippen LogP contribution in [0.4, 0.5) is 0 Å². The second kappa shape index (κ2) is 6.51. The lowest BCUT2D eigenvalue weighted by molar-refractivity contribution is 0.0954. The number of hydrogen-bond acceptors (Lipinski definition) is 2. The number of aryl methyl sites for hydroxylation is 1. The summed E-state index contributed by atoms with van der Waals surface area (Å²) in [5, 5.41) is 6.66. The molecule has 16 heavy (non-hydrogen) atoms. The topological polar surface area (TPSA) is 41.1 Å². The molecule has 0 aliphatic rings. The number of carbonyl (C=O) groups is 1. The van der Waals surface area contributed by atoms with Crippen molar-refractivity contribution in [2.45, 2.75) is 13.8 Å². The Labute approximate surface area is 101 Å². The van der Waals surface area contributed by atoms with Crippen molar-refractivity contribution >= 4 is 17.5 Å². The maximum atomic E-state index is 11.7. The molecule has 2 N–H and O–H groups in total. The van der Waals surface area contributed by atoms with Gasteiger partial charge in [-0.05, 0) is 37.2 Å². The van der Waals surface area contributed by atoms with E-state index in [2.05, 4.69) is 10.6 Å². The summed E-state index contributed by atoms with van der Waals surface area (Å²) in [7, 11) is 0. The molecule has 0 saturated heterocycles. The van der Waals surface area contributed by atoms with Crippen molar-refractivity contribution in [3.8, 4) is 0 Å². The van der Waals surface area contributed by atoms with Crippen LogP contribution in [-0.2, 0) is 0 Å². The molecule has 1 aromatic rings. The number of nitrogens with one attached hydrogen (secondary N) is 2. The molecule has 0 saturated carbocycles. The van der Waals surface area contributed by atoms with E-state index >= 15 is 0 Å². The molecule has 88 valence electrons. The Kier molecular flexibility index (Phi) is 5.29. The van der Waals surface area contributed by atoms with E-state index in [1.54, 1.807) is 18.2 Å². The molecule has 0 radical (unpaired) electrons. The summed E-state index contributed by atoms with van der Waals surface area (Å²) >= 11 is 5.89. The molecular weight excluding hydrogens is 224 g/mol. The molecule has 3 nitrogen and oxygen atoms in total. The highest BCUT2D eigenvalue weighted by Crippen LogP contribution is 2.15. The molecule has 0 aliphatic carbocycles. The van der Waals surface area contributed by atoms with Gasteiger partial charge in [-0.2, -0.15) is 0 Å². The lowest BCUT2D eigenvalue weighted by Crippen LogP contribution is -2.31. The summed E-state index contributed by atoms with van der Waals surface area (Å²) in [5.74, 6) is -0.0577. The maximum absolute atomic E-state index is 11.7. The van der Waals surface area contributed by atoms with Crippen LogP contribution < -0.4 is 10.6 Å². The van der Waals surface area contributed by atoms with E-state index in [9.17, 15) is 4.79 Å². The van der Waals surface area contributed by atoms with E-state index in [0.29, 0.717) is 17.1 Å². The van der Waals surface area contributed by atoms with Crippen LogP contribution in [0.1, 0.15) is 22.8 Å². The van der Waals surface area contributed by atoms with Crippen LogP contribution in [0.15, 0.2) is 18.2 Å². The Hall–Kier alpha value is -1.06. The Balaban J connectivity index is 2.50. The Morgan fingerprint density at radius 3 is 2.75 bits per heavy atom. The summed E-state index contributed by atoms with van der Waals surface area (Å²) in [6.07, 6.45) is 0. The second-order valence-electron chi connectivity index (χ2n) is 3.57. The fraction of sp³-hybridized carbons (Fsp3) is 0.417. The zero-order valence-electron chi connectivity index (χ0n) is 9.64. The van der Waals surface area contributed by atoms with Gasteiger partial charge in [-0.1, -0.05) is 18.5 Å². The van der Waals surface area contributed by atoms with Crippen molar-refractivity contribution < 1.29 is 4.79 Å². The lowest BCUT2D eigenvalue weighted by Gasteiger charge is -2.06. The van der Waals surface area contributed by atoms with Crippen LogP contribution >= 0.6 is 11.6 Å². The number of rotatable bonds is 5. The third-order valence-electron chi connectivity index (χ3n) is 2.26. The smallest absolute Gasteiger partial charge is 0.251 e. The first-order valence-corrected chi connectivity index (χ1v) is 5.78. The first kappa shape index (κ1) is 13.0. The van der Waals surface area contributed by atoms with Crippen molar-refractivity contribution in [3.05, 3.63) is 34.3 Å². The quantitative estimate of drug-likeness (QED) is 0.773. The Morgan fingerprint density at radius 1 is 1.38 bits per heavy atom. The van der Waals surface area contributed by atoms with E-state index in [4.69, 9.17) is 11.6 Å². The van der Waals surface area contributed by atoms with Crippen LogP contribution in [0.5, 0.6) is 0 Å². The fourth-order valence-corrected chi connectivity index (χ4v) is 1.45. The van der Waals surface area contributed by atoms with Crippen LogP contribution in [-0.4, -0.2) is 25.5 Å². The molecule has 0 spiro atoms. The molecule has 0 atom stereocenters. The number of likely N-dealkylation sites (N-methyl/N-ethyl adjacent to an activating group) is 1. The van der Waals surface area contributed by atoms with Crippen LogP contribution in [0, 0.1) is 6.92 Å². The van der Waals surface area contributed by atoms with Crippen molar-refractivity contribution in [3.63, 3.8) is 0 Å². The van der Waals surface area contributed by atoms with Gasteiger partial charge in [0.2, 0.25) is 0 Å². The molecule has 1 aromatic carbocycles. The van der Waals surface area contributed by atoms with E-state index in [1.165, 1.54) is 0 Å². The Bertz CT molecular complexity index is 366. The van der Waals surface area contributed by atoms with E-state index in [1.807, 2.05) is 13.8 Å². The highest BCUT2D eigenvalue weighted by Gasteiger charge is 2.05. The molecule has 1 amide bonds. The number of benzene rings is 1. The molecule has 0 fully saturated rings. The minimum atomic E-state index is -0.0577. The zero-order valence-corrected chi connectivity index (χ0v) is 10.4. The third-order valence-corrected chi connectivity index (χ3v) is 2.68. The SMILES string of the molecule is CCNCCNC(=O)c1ccc(Cl)c(C)c1. The van der Waals surface area contributed by atoms with Gasteiger partial charge in [0.05, 0.1) is 0 Å². The van der Waals surface area contributed by atoms with Gasteiger partial charge in [-0.3, -0.25) is 4.79 Å². The summed E-state index contributed by atoms with van der Waals surface area (Å²) in [5.41, 5.74) is 1.57. The molecule has 0 unspecified atom stereocenters. The lowest BCUT2D eigenvalue weighted by atomic mass is 10.1. The first-order chi connectivity index (χ1) is 7.65. The van der Waals surface area contributed by atoms with E-state index in [-0.39, 0.29) is 5.91 Å². The second-order valence-corrected chi connectivity index (χ2v) is 3.98. The summed E-state index contributed by atoms with van der Waals surface area (Å²) in [6, 6.07) is 5.28. The van der Waals surface area contributed by atoms with Crippen molar-refractivity contribution in [2.75, 3.05) is 19.6 Å². The molecule has 0 bridgehead atoms. The maximum Gasteiger partial charge on any atom is 0.251 e. The molecular formula is C12H17ClN2O. The van der Waals surface area contributed by atoms with Crippen LogP contribution in [0.25, 0.3) is 0 Å². The first-order valence-electron chi connectivity index (χ1n) is 5.40. The number of amides is 1. The summed E-state index contributed by atoms with van der Waals surface area (Å²) in [6.45, 7) is 6.25. The van der Waals surface area contributed by atoms with Crippen LogP contribution in [0.2, 0.25) is 5.02 Å². The van der Waals surface area contributed by atoms with Gasteiger partial charge in [0, 0.05) is 23.7 Å². The van der Waals surface area contributed by atoms with Gasteiger partial charge in [-0.15, -0.1) is 0 Å². The van der Waals surface area contributed by atoms with Gasteiger partial charge in [0.1, 0.15) is 0 Å². The normalized spacial score (nSPS) is 10.2. The number of halogens is 1. The van der Waals surface area contributed by atoms with Crippen molar-refractivity contribution in [2.24, 2.45) is 0 Å². The van der Waals surface area contributed by atoms with Gasteiger partial charge in [-0.25, -0.2) is 0 Å². The van der Waals surface area contributed by atoms with Gasteiger partial charge in [0.25, 0.3) is 5.91 Å². The predicted octanol–water partition coefficient (Wildman–Crippen LogP) is 1.99. The average Bonchev–Trinajstić information content (AvgIpc) is 2.28. The van der Waals surface area contributed by atoms with Crippen molar-refractivity contribution in [1.29, 1.82) is 0 Å². The number of carbonyl (C=O) groups excluding carboxylic acids is 1. The molecule has 1 rings (SSSR count). The Morgan fingerprint density at radius 2 is 2.12 bits per heavy atom. The minimum Gasteiger partial charge on any atom is -0.351 e. The van der Waals surface area contributed by atoms with Crippen molar-refractivity contribution in [1.82, 2.24) is 10.6 Å². The molecule has 4 heteroatoms. The molecule has 0 heterocycles. The third kappa shape index (κ3) is 3.83. The number of hydrogen-bond donors (Lipinski definition) is 2. The molecule has 0 aliphatic heterocycles.